The predicted molar refractivity (Wildman–Crippen MR) is 78.0 cm³/mol. The van der Waals surface area contributed by atoms with Gasteiger partial charge in [0.05, 0.1) is 13.2 Å². The first-order valence-electron chi connectivity index (χ1n) is 6.83. The average molecular weight is 281 g/mol. The van der Waals surface area contributed by atoms with Crippen LogP contribution >= 0.6 is 0 Å². The van der Waals surface area contributed by atoms with Crippen molar-refractivity contribution in [1.82, 2.24) is 10.3 Å². The van der Waals surface area contributed by atoms with Crippen LogP contribution in [0.1, 0.15) is 23.8 Å². The van der Waals surface area contributed by atoms with E-state index in [2.05, 4.69) is 15.6 Å². The van der Waals surface area contributed by atoms with Crippen LogP contribution in [-0.4, -0.2) is 50.9 Å². The maximum atomic E-state index is 11.9. The first-order valence-corrected chi connectivity index (χ1v) is 6.83. The number of carbonyl (C=O) groups is 1. The van der Waals surface area contributed by atoms with Crippen LogP contribution in [0.5, 0.6) is 0 Å². The van der Waals surface area contributed by atoms with E-state index in [0.717, 1.165) is 13.0 Å². The van der Waals surface area contributed by atoms with Crippen molar-refractivity contribution >= 4 is 11.7 Å². The highest BCUT2D eigenvalue weighted by Crippen LogP contribution is 2.04. The fourth-order valence-electron chi connectivity index (χ4n) is 1.55. The summed E-state index contributed by atoms with van der Waals surface area (Å²) in [7, 11) is 1.64. The molecule has 6 heteroatoms. The Morgan fingerprint density at radius 2 is 2.15 bits per heavy atom. The van der Waals surface area contributed by atoms with E-state index in [1.807, 2.05) is 19.1 Å². The number of nitrogens with zero attached hydrogens (tertiary/aromatic N) is 1. The van der Waals surface area contributed by atoms with Crippen LogP contribution in [0, 0.1) is 0 Å². The first-order chi connectivity index (χ1) is 9.77. The third-order valence-corrected chi connectivity index (χ3v) is 2.52. The molecule has 0 aliphatic carbocycles. The van der Waals surface area contributed by atoms with Crippen LogP contribution in [-0.2, 0) is 9.47 Å². The molecular weight excluding hydrogens is 258 g/mol. The lowest BCUT2D eigenvalue weighted by Gasteiger charge is -2.07. The number of hydrogen-bond acceptors (Lipinski definition) is 5. The molecule has 0 saturated carbocycles. The van der Waals surface area contributed by atoms with E-state index in [1.54, 1.807) is 13.2 Å². The summed E-state index contributed by atoms with van der Waals surface area (Å²) in [6.07, 6.45) is 0.766. The van der Waals surface area contributed by atoms with E-state index < -0.39 is 0 Å². The number of nitrogens with one attached hydrogen (secondary N) is 2. The number of hydrogen-bond donors (Lipinski definition) is 2. The fraction of sp³-hybridized carbons (Fsp3) is 0.571. The standard InChI is InChI=1S/C14H23N3O3/c1-3-15-13-7-4-6-12(17-13)14(18)16-8-5-9-20-11-10-19-2/h4,6-7H,3,5,8-11H2,1-2H3,(H,15,17)(H,16,18). The molecule has 1 aromatic heterocycles. The molecule has 1 aromatic rings. The predicted octanol–water partition coefficient (Wildman–Crippen LogP) is 1.30. The van der Waals surface area contributed by atoms with Gasteiger partial charge in [0.1, 0.15) is 11.5 Å². The van der Waals surface area contributed by atoms with Crippen LogP contribution in [0.2, 0.25) is 0 Å². The Morgan fingerprint density at radius 3 is 2.90 bits per heavy atom. The molecule has 0 atom stereocenters. The zero-order valence-corrected chi connectivity index (χ0v) is 12.1. The number of pyridine rings is 1. The topological polar surface area (TPSA) is 72.5 Å². The van der Waals surface area contributed by atoms with Crippen LogP contribution in [0.25, 0.3) is 0 Å². The van der Waals surface area contributed by atoms with Gasteiger partial charge in [-0.15, -0.1) is 0 Å². The Morgan fingerprint density at radius 1 is 1.30 bits per heavy atom. The van der Waals surface area contributed by atoms with E-state index in [0.29, 0.717) is 37.9 Å². The van der Waals surface area contributed by atoms with E-state index in [1.165, 1.54) is 0 Å². The summed E-state index contributed by atoms with van der Waals surface area (Å²) in [6.45, 7) is 5.10. The highest BCUT2D eigenvalue weighted by atomic mass is 16.5. The summed E-state index contributed by atoms with van der Waals surface area (Å²) in [6, 6.07) is 5.35. The Hall–Kier alpha value is -1.66. The Bertz CT molecular complexity index is 399. The summed E-state index contributed by atoms with van der Waals surface area (Å²) in [5.41, 5.74) is 0.420. The molecule has 0 aliphatic heterocycles. The highest BCUT2D eigenvalue weighted by Gasteiger charge is 2.06. The molecule has 1 amide bonds. The summed E-state index contributed by atoms with van der Waals surface area (Å²) < 4.78 is 10.2. The lowest BCUT2D eigenvalue weighted by Crippen LogP contribution is -2.26. The molecule has 0 unspecified atom stereocenters. The minimum atomic E-state index is -0.165. The first kappa shape index (κ1) is 16.4. The summed E-state index contributed by atoms with van der Waals surface area (Å²) in [5, 5.41) is 5.89. The zero-order valence-electron chi connectivity index (χ0n) is 12.1. The molecule has 2 N–H and O–H groups in total. The molecule has 20 heavy (non-hydrogen) atoms. The number of anilines is 1. The Kier molecular flexibility index (Phi) is 8.33. The van der Waals surface area contributed by atoms with Crippen molar-refractivity contribution in [3.8, 4) is 0 Å². The minimum absolute atomic E-state index is 0.165. The van der Waals surface area contributed by atoms with Crippen molar-refractivity contribution in [2.45, 2.75) is 13.3 Å². The molecular formula is C14H23N3O3. The highest BCUT2D eigenvalue weighted by molar-refractivity contribution is 5.92. The van der Waals surface area contributed by atoms with Crippen molar-refractivity contribution in [3.05, 3.63) is 23.9 Å². The minimum Gasteiger partial charge on any atom is -0.382 e. The van der Waals surface area contributed by atoms with E-state index >= 15 is 0 Å². The van der Waals surface area contributed by atoms with Gasteiger partial charge in [-0.3, -0.25) is 4.79 Å². The quantitative estimate of drug-likeness (QED) is 0.632. The Balaban J connectivity index is 2.23. The van der Waals surface area contributed by atoms with Gasteiger partial charge in [-0.05, 0) is 25.5 Å². The number of rotatable bonds is 10. The van der Waals surface area contributed by atoms with Crippen molar-refractivity contribution in [2.75, 3.05) is 45.3 Å². The van der Waals surface area contributed by atoms with Crippen molar-refractivity contribution < 1.29 is 14.3 Å². The van der Waals surface area contributed by atoms with E-state index in [9.17, 15) is 4.79 Å². The van der Waals surface area contributed by atoms with Crippen LogP contribution in [0.3, 0.4) is 0 Å². The molecule has 0 saturated heterocycles. The van der Waals surface area contributed by atoms with Crippen molar-refractivity contribution in [3.63, 3.8) is 0 Å². The van der Waals surface area contributed by atoms with Gasteiger partial charge in [0.2, 0.25) is 0 Å². The second kappa shape index (κ2) is 10.2. The van der Waals surface area contributed by atoms with Gasteiger partial charge in [-0.1, -0.05) is 6.07 Å². The average Bonchev–Trinajstić information content (AvgIpc) is 2.47. The molecule has 0 fully saturated rings. The van der Waals surface area contributed by atoms with Gasteiger partial charge in [-0.2, -0.15) is 0 Å². The number of aromatic nitrogens is 1. The molecule has 6 nitrogen and oxygen atoms in total. The van der Waals surface area contributed by atoms with Gasteiger partial charge >= 0.3 is 0 Å². The summed E-state index contributed by atoms with van der Waals surface area (Å²) in [4.78, 5) is 16.1. The van der Waals surface area contributed by atoms with Crippen molar-refractivity contribution in [1.29, 1.82) is 0 Å². The van der Waals surface area contributed by atoms with Crippen LogP contribution in [0.4, 0.5) is 5.82 Å². The molecule has 0 aromatic carbocycles. The third kappa shape index (κ3) is 6.49. The molecule has 1 heterocycles. The number of carbonyl (C=O) groups excluding carboxylic acids is 1. The lowest BCUT2D eigenvalue weighted by molar-refractivity contribution is 0.0688. The maximum absolute atomic E-state index is 11.9. The second-order valence-corrected chi connectivity index (χ2v) is 4.15. The fourth-order valence-corrected chi connectivity index (χ4v) is 1.55. The number of amides is 1. The van der Waals surface area contributed by atoms with Crippen molar-refractivity contribution in [2.24, 2.45) is 0 Å². The van der Waals surface area contributed by atoms with Gasteiger partial charge in [-0.25, -0.2) is 4.98 Å². The lowest BCUT2D eigenvalue weighted by atomic mass is 10.3. The van der Waals surface area contributed by atoms with Gasteiger partial charge in [0.15, 0.2) is 0 Å². The maximum Gasteiger partial charge on any atom is 0.269 e. The molecule has 0 bridgehead atoms. The molecule has 0 spiro atoms. The normalized spacial score (nSPS) is 10.3. The smallest absolute Gasteiger partial charge is 0.269 e. The molecule has 0 aliphatic rings. The molecule has 0 radical (unpaired) electrons. The molecule has 1 rings (SSSR count). The van der Waals surface area contributed by atoms with Crippen LogP contribution < -0.4 is 10.6 Å². The van der Waals surface area contributed by atoms with Gasteiger partial charge in [0.25, 0.3) is 5.91 Å². The third-order valence-electron chi connectivity index (χ3n) is 2.52. The van der Waals surface area contributed by atoms with E-state index in [4.69, 9.17) is 9.47 Å². The second-order valence-electron chi connectivity index (χ2n) is 4.15. The largest absolute Gasteiger partial charge is 0.382 e. The van der Waals surface area contributed by atoms with Gasteiger partial charge in [0, 0.05) is 26.8 Å². The molecule has 112 valence electrons. The zero-order chi connectivity index (χ0) is 14.6. The van der Waals surface area contributed by atoms with Crippen LogP contribution in [0.15, 0.2) is 18.2 Å². The Labute approximate surface area is 119 Å². The summed E-state index contributed by atoms with van der Waals surface area (Å²) >= 11 is 0. The van der Waals surface area contributed by atoms with Gasteiger partial charge < -0.3 is 20.1 Å². The monoisotopic (exact) mass is 281 g/mol. The number of methoxy groups -OCH3 is 1. The summed E-state index contributed by atoms with van der Waals surface area (Å²) in [5.74, 6) is 0.546. The van der Waals surface area contributed by atoms with E-state index in [-0.39, 0.29) is 5.91 Å². The SMILES string of the molecule is CCNc1cccc(C(=O)NCCCOCCOC)n1. The number of ether oxygens (including phenoxy) is 2.